The lowest BCUT2D eigenvalue weighted by atomic mass is 10.3. The van der Waals surface area contributed by atoms with Crippen molar-refractivity contribution in [2.45, 2.75) is 18.5 Å². The van der Waals surface area contributed by atoms with Gasteiger partial charge in [-0.05, 0) is 0 Å². The molecule has 56 valence electrons. The van der Waals surface area contributed by atoms with Gasteiger partial charge in [0.15, 0.2) is 0 Å². The summed E-state index contributed by atoms with van der Waals surface area (Å²) in [6, 6.07) is 0. The summed E-state index contributed by atoms with van der Waals surface area (Å²) in [6.45, 7) is 2.06. The van der Waals surface area contributed by atoms with Crippen molar-refractivity contribution in [3.8, 4) is 0 Å². The first-order chi connectivity index (χ1) is 4.66. The molecule has 10 heavy (non-hydrogen) atoms. The number of carbonyl (C=O) groups excluding carboxylic acids is 2. The number of hydrogen-bond donors (Lipinski definition) is 0. The molecule has 1 fully saturated rings. The Balaban J connectivity index is 2.71. The van der Waals surface area contributed by atoms with Crippen LogP contribution in [0.3, 0.4) is 0 Å². The van der Waals surface area contributed by atoms with Crippen LogP contribution in [0.4, 0.5) is 0 Å². The Morgan fingerprint density at radius 2 is 2.30 bits per heavy atom. The van der Waals surface area contributed by atoms with Crippen LogP contribution in [0.1, 0.15) is 6.42 Å². The van der Waals surface area contributed by atoms with Crippen LogP contribution in [0, 0.1) is 0 Å². The summed E-state index contributed by atoms with van der Waals surface area (Å²) in [5, 5.41) is 0. The summed E-state index contributed by atoms with van der Waals surface area (Å²) in [7, 11) is -0.337. The maximum absolute atomic E-state index is 11.1. The summed E-state index contributed by atoms with van der Waals surface area (Å²) >= 11 is 1.78. The molecular formula is C5H8INO2Si. The average Bonchev–Trinajstić information content (AvgIpc) is 2.17. The Bertz CT molecular complexity index is 184. The summed E-state index contributed by atoms with van der Waals surface area (Å²) in [5.41, 5.74) is 0.0874. The van der Waals surface area contributed by atoms with Crippen molar-refractivity contribution < 1.29 is 9.59 Å². The van der Waals surface area contributed by atoms with E-state index < -0.39 is 0 Å². The normalized spacial score (nSPS) is 27.4. The molecule has 0 N–H and O–H groups in total. The minimum absolute atomic E-state index is 0.0232. The van der Waals surface area contributed by atoms with Gasteiger partial charge in [0.05, 0.1) is 22.9 Å². The predicted octanol–water partition coefficient (Wildman–Crippen LogP) is 0.101. The van der Waals surface area contributed by atoms with Crippen molar-refractivity contribution in [2.75, 3.05) is 0 Å². The zero-order valence-electron chi connectivity index (χ0n) is 5.63. The monoisotopic (exact) mass is 269 g/mol. The highest BCUT2D eigenvalue weighted by Gasteiger charge is 2.35. The highest BCUT2D eigenvalue weighted by molar-refractivity contribution is 14.1. The van der Waals surface area contributed by atoms with Crippen LogP contribution in [0.15, 0.2) is 0 Å². The van der Waals surface area contributed by atoms with E-state index in [9.17, 15) is 9.59 Å². The predicted molar refractivity (Wildman–Crippen MR) is 48.6 cm³/mol. The molecule has 1 heterocycles. The Kier molecular flexibility index (Phi) is 2.45. The number of imide groups is 1. The molecule has 0 aromatic heterocycles. The summed E-state index contributed by atoms with van der Waals surface area (Å²) in [6.07, 6.45) is 0.463. The minimum Gasteiger partial charge on any atom is -0.274 e. The van der Waals surface area contributed by atoms with Crippen LogP contribution >= 0.6 is 22.9 Å². The maximum Gasteiger partial charge on any atom is 0.238 e. The van der Waals surface area contributed by atoms with Crippen molar-refractivity contribution in [1.29, 1.82) is 0 Å². The first-order valence-electron chi connectivity index (χ1n) is 3.19. The van der Waals surface area contributed by atoms with Gasteiger partial charge in [-0.1, -0.05) is 6.55 Å². The van der Waals surface area contributed by atoms with Gasteiger partial charge < -0.3 is 0 Å². The lowest BCUT2D eigenvalue weighted by Gasteiger charge is -2.02. The van der Waals surface area contributed by atoms with E-state index in [0.29, 0.717) is 6.42 Å². The second kappa shape index (κ2) is 2.99. The van der Waals surface area contributed by atoms with E-state index in [4.69, 9.17) is 0 Å². The summed E-state index contributed by atoms with van der Waals surface area (Å²) < 4.78 is 1.22. The average molecular weight is 269 g/mol. The molecule has 1 unspecified atom stereocenters. The number of amides is 2. The number of halogens is 1. The van der Waals surface area contributed by atoms with Crippen LogP contribution in [-0.4, -0.2) is 24.4 Å². The van der Waals surface area contributed by atoms with E-state index in [1.54, 1.807) is 22.9 Å². The third-order valence-electron chi connectivity index (χ3n) is 1.68. The third kappa shape index (κ3) is 1.24. The molecule has 2 amide bonds. The second-order valence-electron chi connectivity index (χ2n) is 2.32. The molecule has 0 bridgehead atoms. The molecule has 1 aliphatic rings. The molecule has 1 atom stereocenters. The van der Waals surface area contributed by atoms with Crippen molar-refractivity contribution in [1.82, 2.24) is 3.11 Å². The molecule has 0 saturated carbocycles. The molecule has 0 spiro atoms. The largest absolute Gasteiger partial charge is 0.274 e. The number of carbonyl (C=O) groups is 2. The molecule has 0 aliphatic carbocycles. The van der Waals surface area contributed by atoms with Gasteiger partial charge in [-0.25, -0.2) is 3.11 Å². The molecule has 0 radical (unpaired) electrons. The molecule has 0 aromatic rings. The lowest BCUT2D eigenvalue weighted by Crippen LogP contribution is -2.18. The van der Waals surface area contributed by atoms with Crippen LogP contribution in [-0.2, 0) is 9.59 Å². The Labute approximate surface area is 75.5 Å². The smallest absolute Gasteiger partial charge is 0.238 e. The van der Waals surface area contributed by atoms with Gasteiger partial charge in [0, 0.05) is 21.5 Å². The van der Waals surface area contributed by atoms with Gasteiger partial charge in [0.2, 0.25) is 11.8 Å². The summed E-state index contributed by atoms with van der Waals surface area (Å²) in [5.74, 6) is 0.00437. The van der Waals surface area contributed by atoms with E-state index in [1.807, 2.05) is 0 Å². The fraction of sp³-hybridized carbons (Fsp3) is 0.600. The van der Waals surface area contributed by atoms with Crippen molar-refractivity contribution in [3.05, 3.63) is 0 Å². The van der Waals surface area contributed by atoms with Gasteiger partial charge in [0.25, 0.3) is 0 Å². The molecule has 5 heteroatoms. The number of rotatable bonds is 1. The van der Waals surface area contributed by atoms with Crippen molar-refractivity contribution in [2.24, 2.45) is 0 Å². The fourth-order valence-electron chi connectivity index (χ4n) is 0.980. The van der Waals surface area contributed by atoms with Crippen LogP contribution in [0.5, 0.6) is 0 Å². The zero-order chi connectivity index (χ0) is 7.72. The first kappa shape index (κ1) is 8.19. The number of hydrogen-bond acceptors (Lipinski definition) is 2. The van der Waals surface area contributed by atoms with Crippen molar-refractivity contribution >= 4 is 44.2 Å². The molecular weight excluding hydrogens is 261 g/mol. The van der Waals surface area contributed by atoms with Crippen LogP contribution in [0.25, 0.3) is 0 Å². The molecule has 3 nitrogen and oxygen atoms in total. The highest BCUT2D eigenvalue weighted by atomic mass is 127. The van der Waals surface area contributed by atoms with Gasteiger partial charge in [-0.3, -0.25) is 9.59 Å². The topological polar surface area (TPSA) is 37.4 Å². The van der Waals surface area contributed by atoms with Gasteiger partial charge in [-0.2, -0.15) is 0 Å². The molecule has 1 saturated heterocycles. The summed E-state index contributed by atoms with van der Waals surface area (Å²) in [4.78, 5) is 22.0. The number of nitrogens with zero attached hydrogens (tertiary/aromatic N) is 1. The Morgan fingerprint density at radius 1 is 1.70 bits per heavy atom. The maximum atomic E-state index is 11.1. The van der Waals surface area contributed by atoms with Crippen LogP contribution < -0.4 is 0 Å². The fourth-order valence-corrected chi connectivity index (χ4v) is 3.01. The first-order valence-corrected chi connectivity index (χ1v) is 6.39. The minimum atomic E-state index is -0.337. The molecule has 1 rings (SSSR count). The molecule has 0 aromatic carbocycles. The zero-order valence-corrected chi connectivity index (χ0v) is 9.20. The van der Waals surface area contributed by atoms with E-state index in [2.05, 4.69) is 6.55 Å². The highest BCUT2D eigenvalue weighted by Crippen LogP contribution is 2.26. The second-order valence-corrected chi connectivity index (χ2v) is 5.09. The Morgan fingerprint density at radius 3 is 2.50 bits per heavy atom. The van der Waals surface area contributed by atoms with E-state index >= 15 is 0 Å². The standard InChI is InChI=1S/C5H8INO2Si/c1-10-3-2-4(8)7(6)5(3)9/h3H,2,10H2,1H3. The van der Waals surface area contributed by atoms with Crippen molar-refractivity contribution in [3.63, 3.8) is 0 Å². The SMILES string of the molecule is C[SiH2]C1CC(=O)N(I)C1=O. The Hall–Kier alpha value is 0.0869. The lowest BCUT2D eigenvalue weighted by molar-refractivity contribution is -0.130. The van der Waals surface area contributed by atoms with Gasteiger partial charge in [0.1, 0.15) is 0 Å². The van der Waals surface area contributed by atoms with Gasteiger partial charge >= 0.3 is 0 Å². The third-order valence-corrected chi connectivity index (χ3v) is 4.31. The van der Waals surface area contributed by atoms with E-state index in [1.165, 1.54) is 3.11 Å². The quantitative estimate of drug-likeness (QED) is 0.293. The van der Waals surface area contributed by atoms with E-state index in [0.717, 1.165) is 0 Å². The molecule has 1 aliphatic heterocycles. The van der Waals surface area contributed by atoms with Crippen LogP contribution in [0.2, 0.25) is 12.1 Å². The van der Waals surface area contributed by atoms with E-state index in [-0.39, 0.29) is 26.9 Å². The van der Waals surface area contributed by atoms with Gasteiger partial charge in [-0.15, -0.1) is 0 Å².